The van der Waals surface area contributed by atoms with Crippen LogP contribution in [0.3, 0.4) is 0 Å². The summed E-state index contributed by atoms with van der Waals surface area (Å²) in [6.07, 6.45) is 5.10. The minimum absolute atomic E-state index is 0.244. The molecule has 0 unspecified atom stereocenters. The highest BCUT2D eigenvalue weighted by atomic mass is 35.5. The summed E-state index contributed by atoms with van der Waals surface area (Å²) in [5.74, 6) is 0.236. The van der Waals surface area contributed by atoms with Crippen LogP contribution < -0.4 is 5.32 Å². The fraction of sp³-hybridized carbons (Fsp3) is 0.217. The van der Waals surface area contributed by atoms with Gasteiger partial charge in [-0.05, 0) is 48.6 Å². The van der Waals surface area contributed by atoms with Crippen LogP contribution in [0.5, 0.6) is 0 Å². The van der Waals surface area contributed by atoms with Crippen LogP contribution in [-0.4, -0.2) is 17.4 Å². The van der Waals surface area contributed by atoms with Crippen molar-refractivity contribution in [3.8, 4) is 11.3 Å². The number of allylic oxidation sites excluding steroid dienone is 1. The van der Waals surface area contributed by atoms with Gasteiger partial charge in [0.05, 0.1) is 0 Å². The van der Waals surface area contributed by atoms with Crippen molar-refractivity contribution in [2.24, 2.45) is 0 Å². The van der Waals surface area contributed by atoms with Crippen LogP contribution >= 0.6 is 11.6 Å². The standard InChI is InChI=1S/C23H23ClN2O2/c1-3-7-17(20-14-19(24)11-10-16(20)2)12-13-25-23(27)21-22(28-15-26-21)18-8-5-4-6-9-18/h4-11,14-15H,3,12-13H2,1-2H3,(H,25,27). The molecule has 0 atom stereocenters. The van der Waals surface area contributed by atoms with Crippen LogP contribution in [0, 0.1) is 6.92 Å². The van der Waals surface area contributed by atoms with Gasteiger partial charge in [-0.3, -0.25) is 4.79 Å². The van der Waals surface area contributed by atoms with Crippen molar-refractivity contribution in [2.75, 3.05) is 6.54 Å². The zero-order valence-corrected chi connectivity index (χ0v) is 16.8. The summed E-state index contributed by atoms with van der Waals surface area (Å²) in [6, 6.07) is 15.4. The van der Waals surface area contributed by atoms with Crippen molar-refractivity contribution < 1.29 is 9.21 Å². The zero-order chi connectivity index (χ0) is 19.9. The van der Waals surface area contributed by atoms with Gasteiger partial charge in [-0.2, -0.15) is 0 Å². The summed E-state index contributed by atoms with van der Waals surface area (Å²) in [5, 5.41) is 3.66. The van der Waals surface area contributed by atoms with Crippen LogP contribution in [0.4, 0.5) is 0 Å². The molecule has 144 valence electrons. The number of benzene rings is 2. The van der Waals surface area contributed by atoms with Crippen molar-refractivity contribution in [3.05, 3.63) is 82.8 Å². The molecule has 0 radical (unpaired) electrons. The lowest BCUT2D eigenvalue weighted by molar-refractivity contribution is 0.0950. The highest BCUT2D eigenvalue weighted by Gasteiger charge is 2.18. The Kier molecular flexibility index (Phi) is 6.66. The summed E-state index contributed by atoms with van der Waals surface area (Å²) >= 11 is 6.17. The Morgan fingerprint density at radius 3 is 2.75 bits per heavy atom. The summed E-state index contributed by atoms with van der Waals surface area (Å²) in [4.78, 5) is 16.7. The van der Waals surface area contributed by atoms with E-state index in [9.17, 15) is 4.79 Å². The molecule has 5 heteroatoms. The van der Waals surface area contributed by atoms with E-state index in [0.29, 0.717) is 29.4 Å². The molecule has 3 aromatic rings. The van der Waals surface area contributed by atoms with Crippen molar-refractivity contribution in [1.29, 1.82) is 0 Å². The number of hydrogen-bond acceptors (Lipinski definition) is 3. The molecule has 3 rings (SSSR count). The molecule has 2 aromatic carbocycles. The van der Waals surface area contributed by atoms with Gasteiger partial charge in [-0.1, -0.05) is 61.0 Å². The third-order valence-corrected chi connectivity index (χ3v) is 4.73. The Bertz CT molecular complexity index is 977. The molecule has 0 aliphatic heterocycles. The Balaban J connectivity index is 1.69. The molecule has 0 saturated heterocycles. The average Bonchev–Trinajstić information content (AvgIpc) is 3.20. The van der Waals surface area contributed by atoms with Crippen LogP contribution in [0.25, 0.3) is 16.9 Å². The maximum absolute atomic E-state index is 12.6. The molecule has 28 heavy (non-hydrogen) atoms. The maximum atomic E-state index is 12.6. The lowest BCUT2D eigenvalue weighted by Gasteiger charge is -2.12. The first-order valence-corrected chi connectivity index (χ1v) is 9.70. The monoisotopic (exact) mass is 394 g/mol. The lowest BCUT2D eigenvalue weighted by atomic mass is 9.97. The molecule has 0 fully saturated rings. The SMILES string of the molecule is CCC=C(CCNC(=O)c1ncoc1-c1ccccc1)c1cc(Cl)ccc1C. The van der Waals surface area contributed by atoms with Gasteiger partial charge in [0.2, 0.25) is 0 Å². The number of aromatic nitrogens is 1. The number of rotatable bonds is 7. The number of hydrogen-bond donors (Lipinski definition) is 1. The Morgan fingerprint density at radius 2 is 2.00 bits per heavy atom. The number of amides is 1. The molecule has 0 spiro atoms. The third-order valence-electron chi connectivity index (χ3n) is 4.49. The van der Waals surface area contributed by atoms with Gasteiger partial charge < -0.3 is 9.73 Å². The summed E-state index contributed by atoms with van der Waals surface area (Å²) in [5.41, 5.74) is 4.58. The Morgan fingerprint density at radius 1 is 1.21 bits per heavy atom. The van der Waals surface area contributed by atoms with Gasteiger partial charge >= 0.3 is 0 Å². The topological polar surface area (TPSA) is 55.1 Å². The number of nitrogens with one attached hydrogen (secondary N) is 1. The predicted octanol–water partition coefficient (Wildman–Crippen LogP) is 5.92. The molecule has 0 aliphatic carbocycles. The Labute approximate surface area is 170 Å². The number of carbonyl (C=O) groups excluding carboxylic acids is 1. The van der Waals surface area contributed by atoms with Crippen molar-refractivity contribution >= 4 is 23.1 Å². The van der Waals surface area contributed by atoms with E-state index >= 15 is 0 Å². The quantitative estimate of drug-likeness (QED) is 0.541. The second-order valence-electron chi connectivity index (χ2n) is 6.50. The van der Waals surface area contributed by atoms with Gasteiger partial charge in [0.15, 0.2) is 17.8 Å². The normalized spacial score (nSPS) is 11.5. The highest BCUT2D eigenvalue weighted by Crippen LogP contribution is 2.26. The molecule has 0 saturated carbocycles. The molecule has 4 nitrogen and oxygen atoms in total. The van der Waals surface area contributed by atoms with E-state index in [2.05, 4.69) is 30.2 Å². The van der Waals surface area contributed by atoms with E-state index < -0.39 is 0 Å². The van der Waals surface area contributed by atoms with Crippen LogP contribution in [0.2, 0.25) is 5.02 Å². The fourth-order valence-corrected chi connectivity index (χ4v) is 3.30. The van der Waals surface area contributed by atoms with Gasteiger partial charge in [-0.25, -0.2) is 4.98 Å². The third kappa shape index (κ3) is 4.70. The second-order valence-corrected chi connectivity index (χ2v) is 6.94. The first-order valence-electron chi connectivity index (χ1n) is 9.32. The van der Waals surface area contributed by atoms with Crippen LogP contribution in [0.1, 0.15) is 41.4 Å². The van der Waals surface area contributed by atoms with Gasteiger partial charge in [0, 0.05) is 17.1 Å². The first kappa shape index (κ1) is 19.9. The minimum Gasteiger partial charge on any atom is -0.443 e. The largest absolute Gasteiger partial charge is 0.443 e. The van der Waals surface area contributed by atoms with Gasteiger partial charge in [-0.15, -0.1) is 0 Å². The first-order chi connectivity index (χ1) is 13.6. The van der Waals surface area contributed by atoms with Gasteiger partial charge in [0.25, 0.3) is 5.91 Å². The minimum atomic E-state index is -0.244. The zero-order valence-electron chi connectivity index (χ0n) is 16.0. The molecule has 0 aliphatic rings. The molecule has 1 amide bonds. The van der Waals surface area contributed by atoms with E-state index in [1.165, 1.54) is 17.5 Å². The number of aryl methyl sites for hydroxylation is 1. The molecular weight excluding hydrogens is 372 g/mol. The van der Waals surface area contributed by atoms with Gasteiger partial charge in [0.1, 0.15) is 0 Å². The average molecular weight is 395 g/mol. The van der Waals surface area contributed by atoms with Crippen LogP contribution in [0.15, 0.2) is 65.4 Å². The van der Waals surface area contributed by atoms with Crippen molar-refractivity contribution in [3.63, 3.8) is 0 Å². The second kappa shape index (κ2) is 9.38. The molecule has 1 N–H and O–H groups in total. The highest BCUT2D eigenvalue weighted by molar-refractivity contribution is 6.30. The summed E-state index contributed by atoms with van der Waals surface area (Å²) < 4.78 is 5.44. The number of nitrogens with zero attached hydrogens (tertiary/aromatic N) is 1. The molecule has 1 aromatic heterocycles. The van der Waals surface area contributed by atoms with Crippen LogP contribution in [-0.2, 0) is 0 Å². The van der Waals surface area contributed by atoms with E-state index in [-0.39, 0.29) is 5.91 Å². The molecule has 1 heterocycles. The number of carbonyl (C=O) groups is 1. The molecule has 0 bridgehead atoms. The van der Waals surface area contributed by atoms with E-state index in [4.69, 9.17) is 16.0 Å². The summed E-state index contributed by atoms with van der Waals surface area (Å²) in [6.45, 7) is 4.66. The predicted molar refractivity (Wildman–Crippen MR) is 113 cm³/mol. The lowest BCUT2D eigenvalue weighted by Crippen LogP contribution is -2.25. The van der Waals surface area contributed by atoms with E-state index in [1.54, 1.807) is 0 Å². The Hall–Kier alpha value is -2.85. The van der Waals surface area contributed by atoms with Crippen molar-refractivity contribution in [1.82, 2.24) is 10.3 Å². The van der Waals surface area contributed by atoms with E-state index in [1.807, 2.05) is 48.5 Å². The van der Waals surface area contributed by atoms with Crippen molar-refractivity contribution in [2.45, 2.75) is 26.7 Å². The smallest absolute Gasteiger partial charge is 0.273 e. The maximum Gasteiger partial charge on any atom is 0.273 e. The summed E-state index contributed by atoms with van der Waals surface area (Å²) in [7, 11) is 0. The number of halogens is 1. The fourth-order valence-electron chi connectivity index (χ4n) is 3.13. The molecular formula is C23H23ClN2O2. The van der Waals surface area contributed by atoms with E-state index in [0.717, 1.165) is 17.5 Å². The number of oxazole rings is 1.